The summed E-state index contributed by atoms with van der Waals surface area (Å²) in [5.74, 6) is 1.67. The molecule has 1 saturated carbocycles. The minimum Gasteiger partial charge on any atom is -0.497 e. The van der Waals surface area contributed by atoms with Crippen molar-refractivity contribution in [3.63, 3.8) is 0 Å². The van der Waals surface area contributed by atoms with Crippen LogP contribution in [0, 0.1) is 0 Å². The molecule has 2 rings (SSSR count). The molecule has 0 saturated heterocycles. The molecule has 0 amide bonds. The van der Waals surface area contributed by atoms with Crippen LogP contribution in [0.1, 0.15) is 43.6 Å². The summed E-state index contributed by atoms with van der Waals surface area (Å²) < 4.78 is 10.3. The van der Waals surface area contributed by atoms with Gasteiger partial charge in [0, 0.05) is 19.8 Å². The second-order valence-electron chi connectivity index (χ2n) is 5.65. The Morgan fingerprint density at radius 1 is 1.15 bits per heavy atom. The maximum Gasteiger partial charge on any atom is 0.119 e. The Labute approximate surface area is 122 Å². The molecular formula is C17H27NO2. The Kier molecular flexibility index (Phi) is 6.34. The fraction of sp³-hybridized carbons (Fsp3) is 0.647. The normalized spacial score (nSPS) is 21.5. The summed E-state index contributed by atoms with van der Waals surface area (Å²) in [5.41, 5.74) is 1.42. The van der Waals surface area contributed by atoms with E-state index in [1.165, 1.54) is 37.7 Å². The van der Waals surface area contributed by atoms with Crippen molar-refractivity contribution in [1.82, 2.24) is 5.32 Å². The molecule has 0 spiro atoms. The van der Waals surface area contributed by atoms with Crippen LogP contribution in [0.15, 0.2) is 24.3 Å². The van der Waals surface area contributed by atoms with Crippen molar-refractivity contribution >= 4 is 0 Å². The van der Waals surface area contributed by atoms with Crippen LogP contribution in [0.4, 0.5) is 0 Å². The van der Waals surface area contributed by atoms with E-state index in [2.05, 4.69) is 23.5 Å². The van der Waals surface area contributed by atoms with Crippen molar-refractivity contribution in [3.8, 4) is 5.75 Å². The number of rotatable bonds is 9. The molecule has 112 valence electrons. The molecule has 3 heteroatoms. The first-order valence-corrected chi connectivity index (χ1v) is 7.69. The van der Waals surface area contributed by atoms with Gasteiger partial charge in [-0.25, -0.2) is 0 Å². The molecular weight excluding hydrogens is 250 g/mol. The van der Waals surface area contributed by atoms with E-state index in [9.17, 15) is 0 Å². The summed E-state index contributed by atoms with van der Waals surface area (Å²) in [5, 5.41) is 3.65. The highest BCUT2D eigenvalue weighted by Crippen LogP contribution is 2.37. The van der Waals surface area contributed by atoms with Crippen molar-refractivity contribution in [3.05, 3.63) is 29.8 Å². The number of hydrogen-bond donors (Lipinski definition) is 1. The predicted molar refractivity (Wildman–Crippen MR) is 82.5 cm³/mol. The van der Waals surface area contributed by atoms with Gasteiger partial charge in [-0.1, -0.05) is 12.1 Å². The van der Waals surface area contributed by atoms with Gasteiger partial charge in [0.15, 0.2) is 0 Å². The Hall–Kier alpha value is -1.06. The van der Waals surface area contributed by atoms with Gasteiger partial charge in [-0.05, 0) is 62.3 Å². The summed E-state index contributed by atoms with van der Waals surface area (Å²) >= 11 is 0. The average Bonchev–Trinajstić information content (AvgIpc) is 2.44. The molecule has 0 unspecified atom stereocenters. The van der Waals surface area contributed by atoms with E-state index >= 15 is 0 Å². The standard InChI is InChI=1S/C17H27NO2/c1-19-10-5-3-4-9-18-16-11-15(12-16)14-7-6-8-17(13-14)20-2/h6-8,13,15-16,18H,3-5,9-12H2,1-2H3. The molecule has 1 aliphatic carbocycles. The molecule has 0 radical (unpaired) electrons. The van der Waals surface area contributed by atoms with Crippen LogP contribution < -0.4 is 10.1 Å². The molecule has 0 aromatic heterocycles. The van der Waals surface area contributed by atoms with Gasteiger partial charge in [-0.15, -0.1) is 0 Å². The molecule has 1 aliphatic rings. The van der Waals surface area contributed by atoms with E-state index in [0.29, 0.717) is 12.0 Å². The van der Waals surface area contributed by atoms with Gasteiger partial charge in [0.05, 0.1) is 7.11 Å². The van der Waals surface area contributed by atoms with Crippen molar-refractivity contribution in [2.24, 2.45) is 0 Å². The van der Waals surface area contributed by atoms with Crippen LogP contribution in [0.2, 0.25) is 0 Å². The molecule has 1 fully saturated rings. The van der Waals surface area contributed by atoms with Crippen molar-refractivity contribution in [2.45, 2.75) is 44.1 Å². The molecule has 1 aromatic rings. The van der Waals surface area contributed by atoms with E-state index in [1.807, 2.05) is 6.07 Å². The van der Waals surface area contributed by atoms with Crippen LogP contribution in [-0.2, 0) is 4.74 Å². The zero-order chi connectivity index (χ0) is 14.2. The second-order valence-corrected chi connectivity index (χ2v) is 5.65. The number of benzene rings is 1. The van der Waals surface area contributed by atoms with Crippen molar-refractivity contribution < 1.29 is 9.47 Å². The highest BCUT2D eigenvalue weighted by molar-refractivity contribution is 5.32. The smallest absolute Gasteiger partial charge is 0.119 e. The van der Waals surface area contributed by atoms with Gasteiger partial charge in [0.25, 0.3) is 0 Å². The first kappa shape index (κ1) is 15.3. The molecule has 20 heavy (non-hydrogen) atoms. The molecule has 0 heterocycles. The van der Waals surface area contributed by atoms with Crippen LogP contribution in [0.3, 0.4) is 0 Å². The van der Waals surface area contributed by atoms with Crippen LogP contribution in [0.5, 0.6) is 5.75 Å². The number of unbranched alkanes of at least 4 members (excludes halogenated alkanes) is 2. The predicted octanol–water partition coefficient (Wildman–Crippen LogP) is 3.35. The second kappa shape index (κ2) is 8.28. The van der Waals surface area contributed by atoms with Gasteiger partial charge in [-0.2, -0.15) is 0 Å². The minimum absolute atomic E-state index is 0.702. The van der Waals surface area contributed by atoms with Crippen LogP contribution in [0.25, 0.3) is 0 Å². The molecule has 1 aromatic carbocycles. The topological polar surface area (TPSA) is 30.5 Å². The lowest BCUT2D eigenvalue weighted by Crippen LogP contribution is -2.40. The SMILES string of the molecule is COCCCCCNC1CC(c2cccc(OC)c2)C1. The lowest BCUT2D eigenvalue weighted by atomic mass is 9.76. The lowest BCUT2D eigenvalue weighted by Gasteiger charge is -2.36. The zero-order valence-corrected chi connectivity index (χ0v) is 12.7. The summed E-state index contributed by atoms with van der Waals surface area (Å²) in [4.78, 5) is 0. The number of methoxy groups -OCH3 is 2. The van der Waals surface area contributed by atoms with Gasteiger partial charge >= 0.3 is 0 Å². The maximum absolute atomic E-state index is 5.29. The Morgan fingerprint density at radius 2 is 2.00 bits per heavy atom. The summed E-state index contributed by atoms with van der Waals surface area (Å²) in [6.07, 6.45) is 6.20. The quantitative estimate of drug-likeness (QED) is 0.702. The monoisotopic (exact) mass is 277 g/mol. The Bertz CT molecular complexity index is 388. The Balaban J connectivity index is 1.59. The molecule has 0 atom stereocenters. The molecule has 0 bridgehead atoms. The van der Waals surface area contributed by atoms with Crippen molar-refractivity contribution in [1.29, 1.82) is 0 Å². The third-order valence-corrected chi connectivity index (χ3v) is 4.16. The lowest BCUT2D eigenvalue weighted by molar-refractivity contribution is 0.191. The summed E-state index contributed by atoms with van der Waals surface area (Å²) in [6, 6.07) is 9.19. The first-order valence-electron chi connectivity index (χ1n) is 7.69. The van der Waals surface area contributed by atoms with E-state index in [1.54, 1.807) is 14.2 Å². The van der Waals surface area contributed by atoms with E-state index in [-0.39, 0.29) is 0 Å². The minimum atomic E-state index is 0.702. The Morgan fingerprint density at radius 3 is 2.75 bits per heavy atom. The fourth-order valence-electron chi connectivity index (χ4n) is 2.81. The third kappa shape index (κ3) is 4.50. The van der Waals surface area contributed by atoms with Crippen molar-refractivity contribution in [2.75, 3.05) is 27.4 Å². The summed E-state index contributed by atoms with van der Waals surface area (Å²) in [7, 11) is 3.50. The van der Waals surface area contributed by atoms with Crippen LogP contribution >= 0.6 is 0 Å². The van der Waals surface area contributed by atoms with Gasteiger partial charge in [0.1, 0.15) is 5.75 Å². The van der Waals surface area contributed by atoms with Gasteiger partial charge < -0.3 is 14.8 Å². The highest BCUT2D eigenvalue weighted by Gasteiger charge is 2.29. The largest absolute Gasteiger partial charge is 0.497 e. The van der Waals surface area contributed by atoms with Gasteiger partial charge in [-0.3, -0.25) is 0 Å². The maximum atomic E-state index is 5.29. The number of ether oxygens (including phenoxy) is 2. The molecule has 1 N–H and O–H groups in total. The number of hydrogen-bond acceptors (Lipinski definition) is 3. The van der Waals surface area contributed by atoms with Gasteiger partial charge in [0.2, 0.25) is 0 Å². The summed E-state index contributed by atoms with van der Waals surface area (Å²) in [6.45, 7) is 2.03. The van der Waals surface area contributed by atoms with Crippen LogP contribution in [-0.4, -0.2) is 33.4 Å². The third-order valence-electron chi connectivity index (χ3n) is 4.16. The molecule has 3 nitrogen and oxygen atoms in total. The molecule has 0 aliphatic heterocycles. The van der Waals surface area contributed by atoms with E-state index in [0.717, 1.165) is 18.9 Å². The fourth-order valence-corrected chi connectivity index (χ4v) is 2.81. The average molecular weight is 277 g/mol. The zero-order valence-electron chi connectivity index (χ0n) is 12.7. The highest BCUT2D eigenvalue weighted by atomic mass is 16.5. The van der Waals surface area contributed by atoms with E-state index < -0.39 is 0 Å². The number of nitrogens with one attached hydrogen (secondary N) is 1. The first-order chi connectivity index (χ1) is 9.83. The van der Waals surface area contributed by atoms with E-state index in [4.69, 9.17) is 9.47 Å².